The van der Waals surface area contributed by atoms with Crippen molar-refractivity contribution in [1.29, 1.82) is 0 Å². The molecule has 3 aromatic rings. The summed E-state index contributed by atoms with van der Waals surface area (Å²) in [5.74, 6) is 2.43. The molecule has 0 radical (unpaired) electrons. The average Bonchev–Trinajstić information content (AvgIpc) is 3.20. The lowest BCUT2D eigenvalue weighted by atomic mass is 9.81. The molecule has 1 heterocycles. The maximum Gasteiger partial charge on any atom is 0.482 e. The number of hydrogen-bond donors (Lipinski definition) is 0. The first-order valence-corrected chi connectivity index (χ1v) is 12.0. The van der Waals surface area contributed by atoms with Crippen LogP contribution in [0, 0.1) is 12.3 Å². The monoisotopic (exact) mass is 489 g/mol. The number of anilines is 1. The second-order valence-corrected chi connectivity index (χ2v) is 9.23. The van der Waals surface area contributed by atoms with Crippen molar-refractivity contribution in [1.82, 2.24) is 4.90 Å². The topological polar surface area (TPSA) is 32.8 Å². The van der Waals surface area contributed by atoms with E-state index in [4.69, 9.17) is 11.2 Å². The minimum atomic E-state index is -4.96. The molecule has 0 saturated carbocycles. The normalized spacial score (nSPS) is 15.3. The maximum absolute atomic E-state index is 13.0. The Morgan fingerprint density at radius 2 is 1.56 bits per heavy atom. The number of carbonyl (C=O) groups excluding carboxylic acids is 1. The van der Waals surface area contributed by atoms with Gasteiger partial charge < -0.3 is 27.5 Å². The Morgan fingerprint density at radius 1 is 0.944 bits per heavy atom. The SMILES string of the molecule is C#Cc1cc(C[B-](F)(F)F)cc(N2CCN(C(=O)OCC3c4ccccc4-c4ccccc43)CC2)c1. The van der Waals surface area contributed by atoms with Crippen LogP contribution in [0.3, 0.4) is 0 Å². The summed E-state index contributed by atoms with van der Waals surface area (Å²) in [6, 6.07) is 21.0. The van der Waals surface area contributed by atoms with Crippen LogP contribution in [0.5, 0.6) is 0 Å². The van der Waals surface area contributed by atoms with E-state index in [-0.39, 0.29) is 24.2 Å². The van der Waals surface area contributed by atoms with E-state index in [9.17, 15) is 17.7 Å². The molecule has 0 N–H and O–H groups in total. The van der Waals surface area contributed by atoms with Gasteiger partial charge in [-0.05, 0) is 40.5 Å². The van der Waals surface area contributed by atoms with E-state index in [0.717, 1.165) is 11.1 Å². The molecule has 1 amide bonds. The fourth-order valence-electron chi connectivity index (χ4n) is 5.16. The summed E-state index contributed by atoms with van der Waals surface area (Å²) in [7, 11) is 0. The molecule has 0 unspecified atom stereocenters. The van der Waals surface area contributed by atoms with Gasteiger partial charge in [-0.3, -0.25) is 0 Å². The van der Waals surface area contributed by atoms with Gasteiger partial charge in [0.1, 0.15) is 6.61 Å². The predicted octanol–water partition coefficient (Wildman–Crippen LogP) is 5.67. The van der Waals surface area contributed by atoms with E-state index in [2.05, 4.69) is 30.2 Å². The number of nitrogens with zero attached hydrogens (tertiary/aromatic N) is 2. The summed E-state index contributed by atoms with van der Waals surface area (Å²) in [5, 5.41) is 0. The highest BCUT2D eigenvalue weighted by molar-refractivity contribution is 6.57. The Kier molecular flexibility index (Phi) is 6.40. The van der Waals surface area contributed by atoms with Crippen molar-refractivity contribution in [2.45, 2.75) is 12.2 Å². The summed E-state index contributed by atoms with van der Waals surface area (Å²) < 4.78 is 44.7. The highest BCUT2D eigenvalue weighted by Crippen LogP contribution is 2.44. The summed E-state index contributed by atoms with van der Waals surface area (Å²) in [4.78, 5) is 16.5. The maximum atomic E-state index is 13.0. The molecule has 1 saturated heterocycles. The quantitative estimate of drug-likeness (QED) is 0.342. The predicted molar refractivity (Wildman–Crippen MR) is 136 cm³/mol. The van der Waals surface area contributed by atoms with E-state index in [1.54, 1.807) is 17.0 Å². The largest absolute Gasteiger partial charge is 0.482 e. The number of carbonyl (C=O) groups is 1. The second-order valence-electron chi connectivity index (χ2n) is 9.23. The number of terminal acetylenes is 1. The number of halogens is 3. The Labute approximate surface area is 208 Å². The zero-order chi connectivity index (χ0) is 25.3. The van der Waals surface area contributed by atoms with Gasteiger partial charge in [-0.25, -0.2) is 4.79 Å². The van der Waals surface area contributed by atoms with Crippen LogP contribution in [-0.2, 0) is 11.1 Å². The molecule has 4 nitrogen and oxygen atoms in total. The van der Waals surface area contributed by atoms with E-state index in [1.165, 1.54) is 17.2 Å². The van der Waals surface area contributed by atoms with Gasteiger partial charge in [-0.2, -0.15) is 0 Å². The molecule has 1 aliphatic heterocycles. The molecule has 1 fully saturated rings. The lowest BCUT2D eigenvalue weighted by Crippen LogP contribution is -2.49. The molecule has 3 aromatic carbocycles. The summed E-state index contributed by atoms with van der Waals surface area (Å²) in [6.45, 7) is -2.92. The van der Waals surface area contributed by atoms with E-state index in [1.807, 2.05) is 29.2 Å². The number of benzene rings is 3. The van der Waals surface area contributed by atoms with Crippen LogP contribution in [0.15, 0.2) is 66.7 Å². The standard InChI is InChI=1S/C28H25BF3N2O2/c1-2-20-15-21(18-29(30,31)32)17-22(16-20)33-11-13-34(14-12-33)28(35)36-19-27-25-9-5-3-7-23(25)24-8-4-6-10-26(24)27/h1,3-10,15-17,27H,11-14,18-19H2/q-1. The lowest BCUT2D eigenvalue weighted by molar-refractivity contribution is 0.0977. The molecule has 36 heavy (non-hydrogen) atoms. The molecule has 0 spiro atoms. The van der Waals surface area contributed by atoms with Crippen LogP contribution >= 0.6 is 0 Å². The van der Waals surface area contributed by atoms with Gasteiger partial charge in [0.25, 0.3) is 0 Å². The van der Waals surface area contributed by atoms with Crippen molar-refractivity contribution in [3.63, 3.8) is 0 Å². The third kappa shape index (κ3) is 4.92. The Bertz CT molecular complexity index is 1280. The van der Waals surface area contributed by atoms with Crippen molar-refractivity contribution in [3.05, 3.63) is 89.0 Å². The first kappa shape index (κ1) is 23.9. The zero-order valence-corrected chi connectivity index (χ0v) is 19.7. The third-order valence-electron chi connectivity index (χ3n) is 6.85. The van der Waals surface area contributed by atoms with Gasteiger partial charge >= 0.3 is 13.1 Å². The van der Waals surface area contributed by atoms with Crippen LogP contribution in [0.2, 0.25) is 0 Å². The number of fused-ring (bicyclic) bond motifs is 3. The number of piperazine rings is 1. The van der Waals surface area contributed by atoms with E-state index < -0.39 is 13.3 Å². The molecular weight excluding hydrogens is 464 g/mol. The molecule has 0 atom stereocenters. The van der Waals surface area contributed by atoms with E-state index >= 15 is 0 Å². The highest BCUT2D eigenvalue weighted by Gasteiger charge is 2.30. The Hall–Kier alpha value is -3.86. The molecule has 2 aliphatic rings. The van der Waals surface area contributed by atoms with Crippen molar-refractivity contribution in [2.75, 3.05) is 37.7 Å². The summed E-state index contributed by atoms with van der Waals surface area (Å²) in [5.41, 5.74) is 5.87. The molecule has 8 heteroatoms. The number of ether oxygens (including phenoxy) is 1. The minimum Gasteiger partial charge on any atom is -0.449 e. The van der Waals surface area contributed by atoms with Crippen LogP contribution in [-0.4, -0.2) is 50.8 Å². The van der Waals surface area contributed by atoms with Crippen molar-refractivity contribution in [2.24, 2.45) is 0 Å². The highest BCUT2D eigenvalue weighted by atomic mass is 19.4. The molecule has 0 bridgehead atoms. The van der Waals surface area contributed by atoms with Gasteiger partial charge in [0, 0.05) is 43.3 Å². The first-order valence-electron chi connectivity index (χ1n) is 12.0. The van der Waals surface area contributed by atoms with Crippen LogP contribution < -0.4 is 4.90 Å². The minimum absolute atomic E-state index is 0.0113. The average molecular weight is 489 g/mol. The fraction of sp³-hybridized carbons (Fsp3) is 0.250. The van der Waals surface area contributed by atoms with Gasteiger partial charge in [-0.15, -0.1) is 6.42 Å². The fourth-order valence-corrected chi connectivity index (χ4v) is 5.16. The van der Waals surface area contributed by atoms with Crippen molar-refractivity contribution < 1.29 is 22.5 Å². The first-order chi connectivity index (χ1) is 17.3. The van der Waals surface area contributed by atoms with Crippen LogP contribution in [0.1, 0.15) is 28.2 Å². The van der Waals surface area contributed by atoms with Gasteiger partial charge in [0.15, 0.2) is 0 Å². The number of hydrogen-bond acceptors (Lipinski definition) is 3. The van der Waals surface area contributed by atoms with Crippen molar-refractivity contribution in [3.8, 4) is 23.5 Å². The summed E-state index contributed by atoms with van der Waals surface area (Å²) >= 11 is 0. The van der Waals surface area contributed by atoms with E-state index in [0.29, 0.717) is 37.4 Å². The smallest absolute Gasteiger partial charge is 0.449 e. The Morgan fingerprint density at radius 3 is 2.14 bits per heavy atom. The Balaban J connectivity index is 1.22. The molecule has 1 aliphatic carbocycles. The van der Waals surface area contributed by atoms with Gasteiger partial charge in [0.2, 0.25) is 0 Å². The molecule has 5 rings (SSSR count). The second kappa shape index (κ2) is 9.65. The molecule has 0 aromatic heterocycles. The number of amides is 1. The zero-order valence-electron chi connectivity index (χ0n) is 19.7. The summed E-state index contributed by atoms with van der Waals surface area (Å²) in [6.07, 6.45) is 4.12. The van der Waals surface area contributed by atoms with Gasteiger partial charge in [0.05, 0.1) is 0 Å². The van der Waals surface area contributed by atoms with Crippen molar-refractivity contribution >= 4 is 18.8 Å². The molecular formula is C28H25BF3N2O2-. The number of rotatable bonds is 5. The van der Waals surface area contributed by atoms with Crippen LogP contribution in [0.25, 0.3) is 11.1 Å². The van der Waals surface area contributed by atoms with Crippen LogP contribution in [0.4, 0.5) is 23.4 Å². The lowest BCUT2D eigenvalue weighted by Gasteiger charge is -2.36. The third-order valence-corrected chi connectivity index (χ3v) is 6.85. The molecule has 184 valence electrons. The van der Waals surface area contributed by atoms with Gasteiger partial charge in [-0.1, -0.05) is 66.3 Å².